The highest BCUT2D eigenvalue weighted by molar-refractivity contribution is 7.13. The van der Waals surface area contributed by atoms with Gasteiger partial charge in [0.2, 0.25) is 11.8 Å². The van der Waals surface area contributed by atoms with Crippen molar-refractivity contribution >= 4 is 34.3 Å². The van der Waals surface area contributed by atoms with Gasteiger partial charge in [-0.2, -0.15) is 0 Å². The van der Waals surface area contributed by atoms with Gasteiger partial charge in [0.05, 0.1) is 18.0 Å². The number of likely N-dealkylation sites (tertiary alicyclic amines) is 1. The first-order valence-electron chi connectivity index (χ1n) is 8.37. The van der Waals surface area contributed by atoms with E-state index in [4.69, 9.17) is 0 Å². The smallest absolute Gasteiger partial charge is 0.308 e. The normalized spacial score (nSPS) is 21.0. The third-order valence-corrected chi connectivity index (χ3v) is 5.22. The van der Waals surface area contributed by atoms with Crippen LogP contribution in [-0.2, 0) is 20.8 Å². The zero-order chi connectivity index (χ0) is 18.8. The lowest BCUT2D eigenvalue weighted by molar-refractivity contribution is -0.148. The standard InChI is InChI=1S/C17H25N3O4S/c1-10-12(14(22)23)6-5-7-20(10)13(21)8-11-9-25-16(18-11)19-15(24)17(2,3)4/h9-10,12H,5-8H2,1-4H3,(H,22,23)(H,18,19,24)/t10-,12-/m1/s1. The third-order valence-electron chi connectivity index (χ3n) is 4.41. The molecule has 0 spiro atoms. The van der Waals surface area contributed by atoms with Crippen molar-refractivity contribution < 1.29 is 19.5 Å². The molecule has 7 nitrogen and oxygen atoms in total. The summed E-state index contributed by atoms with van der Waals surface area (Å²) in [5, 5.41) is 14.2. The third kappa shape index (κ3) is 4.78. The summed E-state index contributed by atoms with van der Waals surface area (Å²) in [7, 11) is 0. The number of rotatable bonds is 4. The molecule has 0 radical (unpaired) electrons. The first-order chi connectivity index (χ1) is 11.6. The summed E-state index contributed by atoms with van der Waals surface area (Å²) in [4.78, 5) is 41.8. The summed E-state index contributed by atoms with van der Waals surface area (Å²) in [6.45, 7) is 7.80. The summed E-state index contributed by atoms with van der Waals surface area (Å²) >= 11 is 1.28. The first-order valence-corrected chi connectivity index (χ1v) is 9.25. The Morgan fingerprint density at radius 2 is 2.08 bits per heavy atom. The van der Waals surface area contributed by atoms with Crippen molar-refractivity contribution in [2.45, 2.75) is 53.0 Å². The quantitative estimate of drug-likeness (QED) is 0.851. The second kappa shape index (κ2) is 7.51. The van der Waals surface area contributed by atoms with Crippen LogP contribution in [0.4, 0.5) is 5.13 Å². The second-order valence-electron chi connectivity index (χ2n) is 7.44. The molecule has 0 bridgehead atoms. The van der Waals surface area contributed by atoms with E-state index >= 15 is 0 Å². The maximum atomic E-state index is 12.5. The Morgan fingerprint density at radius 1 is 1.40 bits per heavy atom. The predicted octanol–water partition coefficient (Wildman–Crippen LogP) is 2.38. The number of nitrogens with zero attached hydrogens (tertiary/aromatic N) is 2. The summed E-state index contributed by atoms with van der Waals surface area (Å²) in [5.41, 5.74) is 0.0698. The Labute approximate surface area is 151 Å². The number of thiazole rings is 1. The van der Waals surface area contributed by atoms with E-state index in [9.17, 15) is 19.5 Å². The molecule has 2 atom stereocenters. The van der Waals surface area contributed by atoms with Crippen LogP contribution in [-0.4, -0.2) is 45.4 Å². The largest absolute Gasteiger partial charge is 0.481 e. The van der Waals surface area contributed by atoms with Crippen LogP contribution in [0.3, 0.4) is 0 Å². The van der Waals surface area contributed by atoms with E-state index in [1.807, 2.05) is 20.8 Å². The molecule has 1 aromatic heterocycles. The lowest BCUT2D eigenvalue weighted by atomic mass is 9.90. The van der Waals surface area contributed by atoms with E-state index in [1.165, 1.54) is 11.3 Å². The Kier molecular flexibility index (Phi) is 5.82. The molecule has 1 fully saturated rings. The maximum Gasteiger partial charge on any atom is 0.308 e. The average molecular weight is 367 g/mol. The monoisotopic (exact) mass is 367 g/mol. The predicted molar refractivity (Wildman–Crippen MR) is 95.4 cm³/mol. The van der Waals surface area contributed by atoms with Crippen LogP contribution in [0.2, 0.25) is 0 Å². The van der Waals surface area contributed by atoms with Crippen molar-refractivity contribution in [3.8, 4) is 0 Å². The fraction of sp³-hybridized carbons (Fsp3) is 0.647. The van der Waals surface area contributed by atoms with Crippen LogP contribution >= 0.6 is 11.3 Å². The van der Waals surface area contributed by atoms with Crippen molar-refractivity contribution in [1.82, 2.24) is 9.88 Å². The SMILES string of the molecule is C[C@@H]1[C@H](C(=O)O)CCCN1C(=O)Cc1csc(NC(=O)C(C)(C)C)n1. The number of nitrogens with one attached hydrogen (secondary N) is 1. The van der Waals surface area contributed by atoms with Gasteiger partial charge in [0.25, 0.3) is 0 Å². The van der Waals surface area contributed by atoms with Crippen molar-refractivity contribution in [2.24, 2.45) is 11.3 Å². The van der Waals surface area contributed by atoms with Gasteiger partial charge in [-0.25, -0.2) is 4.98 Å². The topological polar surface area (TPSA) is 99.6 Å². The van der Waals surface area contributed by atoms with Crippen LogP contribution in [0.1, 0.15) is 46.2 Å². The van der Waals surface area contributed by atoms with E-state index in [-0.39, 0.29) is 24.3 Å². The molecule has 2 heterocycles. The van der Waals surface area contributed by atoms with E-state index in [0.717, 1.165) is 0 Å². The van der Waals surface area contributed by atoms with Gasteiger partial charge in [-0.1, -0.05) is 20.8 Å². The average Bonchev–Trinajstić information content (AvgIpc) is 2.93. The number of aliphatic carboxylic acids is 1. The number of carbonyl (C=O) groups is 3. The van der Waals surface area contributed by atoms with Crippen LogP contribution < -0.4 is 5.32 Å². The second-order valence-corrected chi connectivity index (χ2v) is 8.30. The zero-order valence-corrected chi connectivity index (χ0v) is 15.9. The molecule has 138 valence electrons. The van der Waals surface area contributed by atoms with Crippen LogP contribution in [0.25, 0.3) is 0 Å². The molecule has 25 heavy (non-hydrogen) atoms. The van der Waals surface area contributed by atoms with Gasteiger partial charge < -0.3 is 15.3 Å². The van der Waals surface area contributed by atoms with E-state index in [0.29, 0.717) is 30.2 Å². The Bertz CT molecular complexity index is 665. The van der Waals surface area contributed by atoms with E-state index in [1.54, 1.807) is 17.2 Å². The minimum Gasteiger partial charge on any atom is -0.481 e. The van der Waals surface area contributed by atoms with Crippen LogP contribution in [0.5, 0.6) is 0 Å². The number of anilines is 1. The Morgan fingerprint density at radius 3 is 2.68 bits per heavy atom. The van der Waals surface area contributed by atoms with Gasteiger partial charge in [0, 0.05) is 23.4 Å². The number of carboxylic acids is 1. The molecule has 0 aliphatic carbocycles. The fourth-order valence-corrected chi connectivity index (χ4v) is 3.52. The molecule has 0 unspecified atom stereocenters. The van der Waals surface area contributed by atoms with Crippen molar-refractivity contribution in [2.75, 3.05) is 11.9 Å². The van der Waals surface area contributed by atoms with Gasteiger partial charge in [0.1, 0.15) is 0 Å². The molecule has 1 saturated heterocycles. The molecule has 0 saturated carbocycles. The van der Waals surface area contributed by atoms with Gasteiger partial charge in [-0.05, 0) is 19.8 Å². The van der Waals surface area contributed by atoms with E-state index in [2.05, 4.69) is 10.3 Å². The number of carboxylic acid groups (broad SMARTS) is 1. The van der Waals surface area contributed by atoms with Crippen molar-refractivity contribution in [1.29, 1.82) is 0 Å². The van der Waals surface area contributed by atoms with Crippen molar-refractivity contribution in [3.63, 3.8) is 0 Å². The number of aromatic nitrogens is 1. The molecule has 8 heteroatoms. The van der Waals surface area contributed by atoms with Gasteiger partial charge in [-0.3, -0.25) is 14.4 Å². The molecular weight excluding hydrogens is 342 g/mol. The lowest BCUT2D eigenvalue weighted by Gasteiger charge is -2.37. The zero-order valence-electron chi connectivity index (χ0n) is 15.0. The lowest BCUT2D eigenvalue weighted by Crippen LogP contribution is -2.49. The molecule has 0 aromatic carbocycles. The summed E-state index contributed by atoms with van der Waals surface area (Å²) in [6, 6.07) is -0.322. The van der Waals surface area contributed by atoms with Gasteiger partial charge in [0.15, 0.2) is 5.13 Å². The number of hydrogen-bond donors (Lipinski definition) is 2. The number of piperidine rings is 1. The molecule has 2 rings (SSSR count). The molecule has 1 aliphatic rings. The highest BCUT2D eigenvalue weighted by Gasteiger charge is 2.35. The first kappa shape index (κ1) is 19.4. The minimum atomic E-state index is -0.856. The fourth-order valence-electron chi connectivity index (χ4n) is 2.81. The number of amides is 2. The molecular formula is C17H25N3O4S. The summed E-state index contributed by atoms with van der Waals surface area (Å²) < 4.78 is 0. The number of carbonyl (C=O) groups excluding carboxylic acids is 2. The molecule has 1 aliphatic heterocycles. The maximum absolute atomic E-state index is 12.5. The van der Waals surface area contributed by atoms with E-state index < -0.39 is 17.3 Å². The Hall–Kier alpha value is -1.96. The highest BCUT2D eigenvalue weighted by atomic mass is 32.1. The van der Waals surface area contributed by atoms with Crippen LogP contribution in [0.15, 0.2) is 5.38 Å². The minimum absolute atomic E-state index is 0.110. The summed E-state index contributed by atoms with van der Waals surface area (Å²) in [5.74, 6) is -1.63. The number of hydrogen-bond acceptors (Lipinski definition) is 5. The van der Waals surface area contributed by atoms with Gasteiger partial charge in [-0.15, -0.1) is 11.3 Å². The highest BCUT2D eigenvalue weighted by Crippen LogP contribution is 2.25. The Balaban J connectivity index is 1.99. The van der Waals surface area contributed by atoms with Crippen molar-refractivity contribution in [3.05, 3.63) is 11.1 Å². The summed E-state index contributed by atoms with van der Waals surface area (Å²) in [6.07, 6.45) is 1.40. The van der Waals surface area contributed by atoms with Gasteiger partial charge >= 0.3 is 5.97 Å². The molecule has 1 aromatic rings. The molecule has 2 N–H and O–H groups in total. The van der Waals surface area contributed by atoms with Crippen LogP contribution in [0, 0.1) is 11.3 Å². The molecule has 2 amide bonds.